The summed E-state index contributed by atoms with van der Waals surface area (Å²) in [5, 5.41) is 7.36. The molecule has 1 aliphatic heterocycles. The Labute approximate surface area is 196 Å². The Hall–Kier alpha value is -3.43. The van der Waals surface area contributed by atoms with Crippen LogP contribution in [-0.4, -0.2) is 71.6 Å². The molecular formula is C23H24ClN5O4. The minimum atomic E-state index is -0.294. The Morgan fingerprint density at radius 1 is 1.06 bits per heavy atom. The molecule has 0 unspecified atom stereocenters. The van der Waals surface area contributed by atoms with E-state index in [4.69, 9.17) is 20.9 Å². The number of aromatic nitrogens is 2. The van der Waals surface area contributed by atoms with Crippen LogP contribution in [0.25, 0.3) is 11.4 Å². The standard InChI is InChI=1S/C23H24ClN5O4/c1-32-19-8-4-17(5-9-19)23(31)25-14-21(30)29-12-10-28(11-13-29)15-20-26-22(27-33-20)16-2-6-18(24)7-3-16/h2-9H,10-15H2,1H3,(H,25,31). The fourth-order valence-electron chi connectivity index (χ4n) is 3.49. The molecule has 0 saturated carbocycles. The molecule has 172 valence electrons. The SMILES string of the molecule is COc1ccc(C(=O)NCC(=O)N2CCN(Cc3nc(-c4ccc(Cl)cc4)no3)CC2)cc1. The molecule has 2 heterocycles. The van der Waals surface area contributed by atoms with Crippen molar-refractivity contribution in [1.82, 2.24) is 25.3 Å². The number of ether oxygens (including phenoxy) is 1. The van der Waals surface area contributed by atoms with Crippen molar-refractivity contribution in [2.24, 2.45) is 0 Å². The maximum atomic E-state index is 12.5. The third kappa shape index (κ3) is 5.88. The van der Waals surface area contributed by atoms with Gasteiger partial charge in [0.15, 0.2) is 0 Å². The lowest BCUT2D eigenvalue weighted by atomic mass is 10.2. The second-order valence-corrected chi connectivity index (χ2v) is 8.02. The van der Waals surface area contributed by atoms with E-state index in [0.29, 0.717) is 60.8 Å². The van der Waals surface area contributed by atoms with Gasteiger partial charge in [0.1, 0.15) is 5.75 Å². The summed E-state index contributed by atoms with van der Waals surface area (Å²) >= 11 is 5.92. The van der Waals surface area contributed by atoms with Crippen molar-refractivity contribution >= 4 is 23.4 Å². The molecule has 0 atom stereocenters. The van der Waals surface area contributed by atoms with E-state index in [1.165, 1.54) is 0 Å². The molecule has 1 aromatic heterocycles. The molecule has 0 spiro atoms. The number of carbonyl (C=O) groups is 2. The van der Waals surface area contributed by atoms with Crippen LogP contribution in [0.2, 0.25) is 5.02 Å². The number of hydrogen-bond acceptors (Lipinski definition) is 7. The molecule has 3 aromatic rings. The van der Waals surface area contributed by atoms with Crippen molar-refractivity contribution in [1.29, 1.82) is 0 Å². The highest BCUT2D eigenvalue weighted by Crippen LogP contribution is 2.19. The van der Waals surface area contributed by atoms with Crippen molar-refractivity contribution in [3.63, 3.8) is 0 Å². The number of piperazine rings is 1. The molecule has 2 aromatic carbocycles. The first kappa shape index (κ1) is 22.8. The number of nitrogens with one attached hydrogen (secondary N) is 1. The topological polar surface area (TPSA) is 101 Å². The van der Waals surface area contributed by atoms with E-state index in [9.17, 15) is 9.59 Å². The van der Waals surface area contributed by atoms with Crippen LogP contribution in [0.5, 0.6) is 5.75 Å². The Kier molecular flexibility index (Phi) is 7.21. The lowest BCUT2D eigenvalue weighted by Crippen LogP contribution is -2.50. The summed E-state index contributed by atoms with van der Waals surface area (Å²) in [6, 6.07) is 14.0. The van der Waals surface area contributed by atoms with Gasteiger partial charge in [-0.2, -0.15) is 4.98 Å². The van der Waals surface area contributed by atoms with E-state index < -0.39 is 0 Å². The number of carbonyl (C=O) groups excluding carboxylic acids is 2. The first-order valence-corrected chi connectivity index (χ1v) is 10.9. The second-order valence-electron chi connectivity index (χ2n) is 7.59. The van der Waals surface area contributed by atoms with Crippen LogP contribution >= 0.6 is 11.6 Å². The molecule has 0 aliphatic carbocycles. The zero-order chi connectivity index (χ0) is 23.2. The third-order valence-corrected chi connectivity index (χ3v) is 5.66. The number of rotatable bonds is 7. The molecule has 2 amide bonds. The smallest absolute Gasteiger partial charge is 0.251 e. The van der Waals surface area contributed by atoms with Crippen LogP contribution in [0.4, 0.5) is 0 Å². The largest absolute Gasteiger partial charge is 0.497 e. The van der Waals surface area contributed by atoms with Crippen molar-refractivity contribution in [2.75, 3.05) is 39.8 Å². The summed E-state index contributed by atoms with van der Waals surface area (Å²) in [6.07, 6.45) is 0. The zero-order valence-corrected chi connectivity index (χ0v) is 18.9. The van der Waals surface area contributed by atoms with E-state index in [-0.39, 0.29) is 18.4 Å². The summed E-state index contributed by atoms with van der Waals surface area (Å²) in [5.41, 5.74) is 1.31. The Morgan fingerprint density at radius 2 is 1.76 bits per heavy atom. The molecule has 1 saturated heterocycles. The molecule has 0 radical (unpaired) electrons. The van der Waals surface area contributed by atoms with Crippen LogP contribution < -0.4 is 10.1 Å². The maximum Gasteiger partial charge on any atom is 0.251 e. The van der Waals surface area contributed by atoms with Crippen molar-refractivity contribution in [3.8, 4) is 17.1 Å². The number of nitrogens with zero attached hydrogens (tertiary/aromatic N) is 4. The normalized spacial score (nSPS) is 14.2. The van der Waals surface area contributed by atoms with Crippen molar-refractivity contribution < 1.29 is 18.8 Å². The van der Waals surface area contributed by atoms with Crippen LogP contribution in [0.3, 0.4) is 0 Å². The minimum absolute atomic E-state index is 0.0427. The number of hydrogen-bond donors (Lipinski definition) is 1. The lowest BCUT2D eigenvalue weighted by molar-refractivity contribution is -0.131. The van der Waals surface area contributed by atoms with Crippen molar-refractivity contribution in [3.05, 3.63) is 65.0 Å². The average molecular weight is 470 g/mol. The van der Waals surface area contributed by atoms with Crippen LogP contribution in [0.1, 0.15) is 16.2 Å². The number of amides is 2. The van der Waals surface area contributed by atoms with Gasteiger partial charge in [-0.25, -0.2) is 0 Å². The number of methoxy groups -OCH3 is 1. The molecule has 1 aliphatic rings. The third-order valence-electron chi connectivity index (χ3n) is 5.41. The van der Waals surface area contributed by atoms with Gasteiger partial charge in [0.25, 0.3) is 5.91 Å². The summed E-state index contributed by atoms with van der Waals surface area (Å²) in [4.78, 5) is 33.1. The number of halogens is 1. The zero-order valence-electron chi connectivity index (χ0n) is 18.2. The highest BCUT2D eigenvalue weighted by atomic mass is 35.5. The summed E-state index contributed by atoms with van der Waals surface area (Å²) in [6.45, 7) is 2.95. The van der Waals surface area contributed by atoms with Gasteiger partial charge in [0, 0.05) is 42.3 Å². The van der Waals surface area contributed by atoms with Crippen LogP contribution in [0.15, 0.2) is 53.1 Å². The van der Waals surface area contributed by atoms with Gasteiger partial charge in [-0.1, -0.05) is 16.8 Å². The van der Waals surface area contributed by atoms with E-state index in [1.807, 2.05) is 12.1 Å². The van der Waals surface area contributed by atoms with E-state index in [0.717, 1.165) is 5.56 Å². The first-order chi connectivity index (χ1) is 16.0. The van der Waals surface area contributed by atoms with Gasteiger partial charge >= 0.3 is 0 Å². The molecule has 4 rings (SSSR count). The van der Waals surface area contributed by atoms with E-state index >= 15 is 0 Å². The van der Waals surface area contributed by atoms with Gasteiger partial charge in [0.05, 0.1) is 20.2 Å². The first-order valence-electron chi connectivity index (χ1n) is 10.5. The highest BCUT2D eigenvalue weighted by Gasteiger charge is 2.23. The van der Waals surface area contributed by atoms with E-state index in [1.54, 1.807) is 48.4 Å². The van der Waals surface area contributed by atoms with Crippen LogP contribution in [0, 0.1) is 0 Å². The predicted molar refractivity (Wildman–Crippen MR) is 122 cm³/mol. The molecule has 0 bridgehead atoms. The summed E-state index contributed by atoms with van der Waals surface area (Å²) in [5.74, 6) is 1.30. The molecule has 33 heavy (non-hydrogen) atoms. The van der Waals surface area contributed by atoms with Gasteiger partial charge in [-0.15, -0.1) is 0 Å². The minimum Gasteiger partial charge on any atom is -0.497 e. The molecule has 9 nitrogen and oxygen atoms in total. The summed E-state index contributed by atoms with van der Waals surface area (Å²) < 4.78 is 10.5. The lowest BCUT2D eigenvalue weighted by Gasteiger charge is -2.34. The maximum absolute atomic E-state index is 12.5. The predicted octanol–water partition coefficient (Wildman–Crippen LogP) is 2.47. The van der Waals surface area contributed by atoms with Gasteiger partial charge in [-0.05, 0) is 48.5 Å². The van der Waals surface area contributed by atoms with E-state index in [2.05, 4.69) is 20.4 Å². The van der Waals surface area contributed by atoms with Gasteiger partial charge in [-0.3, -0.25) is 14.5 Å². The Balaban J connectivity index is 1.22. The summed E-state index contributed by atoms with van der Waals surface area (Å²) in [7, 11) is 1.56. The Morgan fingerprint density at radius 3 is 2.42 bits per heavy atom. The Bertz CT molecular complexity index is 1090. The quantitative estimate of drug-likeness (QED) is 0.567. The average Bonchev–Trinajstić information content (AvgIpc) is 3.31. The molecule has 1 fully saturated rings. The molecular weight excluding hydrogens is 446 g/mol. The fraction of sp³-hybridized carbons (Fsp3) is 0.304. The van der Waals surface area contributed by atoms with Gasteiger partial charge < -0.3 is 19.5 Å². The van der Waals surface area contributed by atoms with Crippen LogP contribution in [-0.2, 0) is 11.3 Å². The van der Waals surface area contributed by atoms with Gasteiger partial charge in [0.2, 0.25) is 17.6 Å². The fourth-order valence-corrected chi connectivity index (χ4v) is 3.62. The van der Waals surface area contributed by atoms with Crippen molar-refractivity contribution in [2.45, 2.75) is 6.54 Å². The highest BCUT2D eigenvalue weighted by molar-refractivity contribution is 6.30. The number of benzene rings is 2. The monoisotopic (exact) mass is 469 g/mol. The molecule has 1 N–H and O–H groups in total. The second kappa shape index (κ2) is 10.5. The molecule has 10 heteroatoms.